The first kappa shape index (κ1) is 15.0. The lowest BCUT2D eigenvalue weighted by molar-refractivity contribution is 0.102. The molecule has 0 N–H and O–H groups in total. The van der Waals surface area contributed by atoms with Gasteiger partial charge in [-0.1, -0.05) is 22.0 Å². The number of sulfonamides is 1. The molecule has 2 rings (SSSR count). The molecule has 1 heterocycles. The van der Waals surface area contributed by atoms with Gasteiger partial charge in [0.1, 0.15) is 0 Å². The van der Waals surface area contributed by atoms with Crippen molar-refractivity contribution in [1.82, 2.24) is 4.31 Å². The van der Waals surface area contributed by atoms with Crippen LogP contribution in [-0.2, 0) is 14.8 Å². The van der Waals surface area contributed by atoms with E-state index in [1.54, 1.807) is 19.2 Å². The molecule has 4 nitrogen and oxygen atoms in total. The number of halogens is 1. The van der Waals surface area contributed by atoms with Crippen molar-refractivity contribution in [2.75, 3.05) is 13.7 Å². The minimum atomic E-state index is -3.49. The minimum Gasteiger partial charge on any atom is -0.377 e. The summed E-state index contributed by atoms with van der Waals surface area (Å²) in [6.45, 7) is 4.34. The molecule has 1 fully saturated rings. The maximum atomic E-state index is 12.7. The Labute approximate surface area is 122 Å². The first-order valence-corrected chi connectivity index (χ1v) is 8.43. The van der Waals surface area contributed by atoms with Crippen LogP contribution in [-0.4, -0.2) is 38.5 Å². The third-order valence-electron chi connectivity index (χ3n) is 3.61. The van der Waals surface area contributed by atoms with E-state index < -0.39 is 10.0 Å². The summed E-state index contributed by atoms with van der Waals surface area (Å²) in [6.07, 6.45) is 0.677. The molecular formula is C13H18BrNO3S. The molecule has 2 atom stereocenters. The van der Waals surface area contributed by atoms with E-state index in [-0.39, 0.29) is 12.1 Å². The van der Waals surface area contributed by atoms with Crippen molar-refractivity contribution in [2.45, 2.75) is 37.3 Å². The van der Waals surface area contributed by atoms with Crippen LogP contribution >= 0.6 is 15.9 Å². The van der Waals surface area contributed by atoms with Crippen LogP contribution in [0.4, 0.5) is 0 Å². The number of nitrogens with zero attached hydrogens (tertiary/aromatic N) is 1. The highest BCUT2D eigenvalue weighted by atomic mass is 79.9. The molecule has 106 valence electrons. The van der Waals surface area contributed by atoms with Crippen molar-refractivity contribution in [3.63, 3.8) is 0 Å². The van der Waals surface area contributed by atoms with Gasteiger partial charge in [0, 0.05) is 18.1 Å². The van der Waals surface area contributed by atoms with Gasteiger partial charge < -0.3 is 4.74 Å². The Kier molecular flexibility index (Phi) is 4.35. The van der Waals surface area contributed by atoms with Crippen molar-refractivity contribution in [3.8, 4) is 0 Å². The molecule has 0 radical (unpaired) electrons. The van der Waals surface area contributed by atoms with Gasteiger partial charge in [-0.15, -0.1) is 0 Å². The van der Waals surface area contributed by atoms with E-state index in [0.717, 1.165) is 16.5 Å². The summed E-state index contributed by atoms with van der Waals surface area (Å²) < 4.78 is 33.0. The van der Waals surface area contributed by atoms with Crippen molar-refractivity contribution >= 4 is 26.0 Å². The topological polar surface area (TPSA) is 46.6 Å². The Morgan fingerprint density at radius 1 is 1.42 bits per heavy atom. The highest BCUT2D eigenvalue weighted by Crippen LogP contribution is 2.28. The molecule has 19 heavy (non-hydrogen) atoms. The first-order chi connectivity index (χ1) is 8.84. The largest absolute Gasteiger partial charge is 0.377 e. The van der Waals surface area contributed by atoms with Crippen molar-refractivity contribution in [2.24, 2.45) is 0 Å². The molecule has 6 heteroatoms. The van der Waals surface area contributed by atoms with Gasteiger partial charge in [-0.2, -0.15) is 4.31 Å². The van der Waals surface area contributed by atoms with Gasteiger partial charge in [-0.25, -0.2) is 8.42 Å². The zero-order valence-electron chi connectivity index (χ0n) is 11.3. The van der Waals surface area contributed by atoms with Crippen LogP contribution in [0.5, 0.6) is 0 Å². The minimum absolute atomic E-state index is 0.0627. The Balaban J connectivity index is 2.39. The van der Waals surface area contributed by atoms with E-state index in [2.05, 4.69) is 15.9 Å². The number of aryl methyl sites for hydroxylation is 1. The van der Waals surface area contributed by atoms with Gasteiger partial charge in [0.15, 0.2) is 0 Å². The second-order valence-electron chi connectivity index (χ2n) is 4.86. The molecule has 1 aliphatic rings. The second-order valence-corrected chi connectivity index (χ2v) is 7.74. The van der Waals surface area contributed by atoms with E-state index in [0.29, 0.717) is 11.5 Å². The molecule has 0 saturated carbocycles. The van der Waals surface area contributed by atoms with Crippen molar-refractivity contribution < 1.29 is 13.2 Å². The lowest BCUT2D eigenvalue weighted by Crippen LogP contribution is -2.41. The molecule has 0 bridgehead atoms. The molecule has 1 aromatic carbocycles. The smallest absolute Gasteiger partial charge is 0.243 e. The fourth-order valence-corrected chi connectivity index (χ4v) is 4.59. The number of rotatable bonds is 3. The number of likely N-dealkylation sites (N-methyl/N-ethyl adjacent to an activating group) is 1. The quantitative estimate of drug-likeness (QED) is 0.844. The maximum Gasteiger partial charge on any atom is 0.243 e. The highest BCUT2D eigenvalue weighted by molar-refractivity contribution is 9.10. The Bertz CT molecular complexity index is 573. The Morgan fingerprint density at radius 2 is 2.11 bits per heavy atom. The standard InChI is InChI=1S/C13H18BrNO3S/c1-9-4-5-11(14)8-13(9)19(16,17)15(3)12-6-7-18-10(12)2/h4-5,8,10,12H,6-7H2,1-3H3. The SMILES string of the molecule is Cc1ccc(Br)cc1S(=O)(=O)N(C)C1CCOC1C. The molecule has 0 aliphatic carbocycles. The average Bonchev–Trinajstić information content (AvgIpc) is 2.77. The molecule has 2 unspecified atom stereocenters. The van der Waals surface area contributed by atoms with Crippen LogP contribution in [0.2, 0.25) is 0 Å². The van der Waals surface area contributed by atoms with Gasteiger partial charge in [0.2, 0.25) is 10.0 Å². The predicted octanol–water partition coefficient (Wildman–Crippen LogP) is 2.56. The van der Waals surface area contributed by atoms with Gasteiger partial charge in [0.25, 0.3) is 0 Å². The molecule has 0 amide bonds. The van der Waals surface area contributed by atoms with Crippen LogP contribution in [0.15, 0.2) is 27.6 Å². The lowest BCUT2D eigenvalue weighted by Gasteiger charge is -2.26. The van der Waals surface area contributed by atoms with Gasteiger partial charge in [-0.3, -0.25) is 0 Å². The lowest BCUT2D eigenvalue weighted by atomic mass is 10.2. The summed E-state index contributed by atoms with van der Waals surface area (Å²) >= 11 is 3.33. The normalized spacial score (nSPS) is 24.1. The molecule has 0 spiro atoms. The van der Waals surface area contributed by atoms with E-state index in [1.807, 2.05) is 19.9 Å². The average molecular weight is 348 g/mol. The van der Waals surface area contributed by atoms with Crippen LogP contribution in [0.1, 0.15) is 18.9 Å². The third kappa shape index (κ3) is 2.86. The van der Waals surface area contributed by atoms with Crippen LogP contribution in [0.3, 0.4) is 0 Å². The fourth-order valence-electron chi connectivity index (χ4n) is 2.38. The van der Waals surface area contributed by atoms with E-state index in [9.17, 15) is 8.42 Å². The summed E-state index contributed by atoms with van der Waals surface area (Å²) in [6, 6.07) is 5.21. The van der Waals surface area contributed by atoms with E-state index in [4.69, 9.17) is 4.74 Å². The molecule has 1 saturated heterocycles. The number of hydrogen-bond acceptors (Lipinski definition) is 3. The fraction of sp³-hybridized carbons (Fsp3) is 0.538. The summed E-state index contributed by atoms with van der Waals surface area (Å²) in [5, 5.41) is 0. The summed E-state index contributed by atoms with van der Waals surface area (Å²) in [5.41, 5.74) is 0.751. The number of hydrogen-bond donors (Lipinski definition) is 0. The molecule has 0 aromatic heterocycles. The summed E-state index contributed by atoms with van der Waals surface area (Å²) in [4.78, 5) is 0.350. The van der Waals surface area contributed by atoms with Crippen LogP contribution in [0, 0.1) is 6.92 Å². The second kappa shape index (κ2) is 5.52. The number of benzene rings is 1. The van der Waals surface area contributed by atoms with Gasteiger partial charge >= 0.3 is 0 Å². The third-order valence-corrected chi connectivity index (χ3v) is 6.13. The molecule has 1 aliphatic heterocycles. The van der Waals surface area contributed by atoms with Crippen LogP contribution in [0.25, 0.3) is 0 Å². The predicted molar refractivity (Wildman–Crippen MR) is 77.6 cm³/mol. The van der Waals surface area contributed by atoms with Gasteiger partial charge in [0.05, 0.1) is 17.0 Å². The van der Waals surface area contributed by atoms with E-state index in [1.165, 1.54) is 4.31 Å². The monoisotopic (exact) mass is 347 g/mol. The van der Waals surface area contributed by atoms with Crippen LogP contribution < -0.4 is 0 Å². The molecule has 1 aromatic rings. The Hall–Kier alpha value is -0.430. The Morgan fingerprint density at radius 3 is 2.68 bits per heavy atom. The zero-order chi connectivity index (χ0) is 14.2. The zero-order valence-corrected chi connectivity index (χ0v) is 13.7. The van der Waals surface area contributed by atoms with Crippen molar-refractivity contribution in [1.29, 1.82) is 0 Å². The molecular weight excluding hydrogens is 330 g/mol. The first-order valence-electron chi connectivity index (χ1n) is 6.20. The van der Waals surface area contributed by atoms with E-state index >= 15 is 0 Å². The highest BCUT2D eigenvalue weighted by Gasteiger charge is 2.35. The maximum absolute atomic E-state index is 12.7. The van der Waals surface area contributed by atoms with Gasteiger partial charge in [-0.05, 0) is 38.0 Å². The summed E-state index contributed by atoms with van der Waals surface area (Å²) in [5.74, 6) is 0. The van der Waals surface area contributed by atoms with Crippen molar-refractivity contribution in [3.05, 3.63) is 28.2 Å². The number of ether oxygens (including phenoxy) is 1. The summed E-state index contributed by atoms with van der Waals surface area (Å²) in [7, 11) is -1.85.